The first-order valence-electron chi connectivity index (χ1n) is 8.00. The summed E-state index contributed by atoms with van der Waals surface area (Å²) in [5.74, 6) is 0.907. The van der Waals surface area contributed by atoms with E-state index in [9.17, 15) is 4.79 Å². The second-order valence-electron chi connectivity index (χ2n) is 5.69. The molecule has 0 heterocycles. The molecule has 0 saturated carbocycles. The van der Waals surface area contributed by atoms with Crippen molar-refractivity contribution in [3.8, 4) is 5.75 Å². The number of halogens is 1. The Kier molecular flexibility index (Phi) is 6.96. The zero-order valence-corrected chi connectivity index (χ0v) is 16.8. The van der Waals surface area contributed by atoms with Crippen molar-refractivity contribution in [2.75, 3.05) is 12.4 Å². The van der Waals surface area contributed by atoms with Gasteiger partial charge in [0.2, 0.25) is 0 Å². The Morgan fingerprint density at radius 1 is 1.24 bits per heavy atom. The van der Waals surface area contributed by atoms with Crippen LogP contribution in [-0.2, 0) is 0 Å². The standard InChI is InChI=1S/C19H21BrN2O2S/c1-4-12(2)13-5-8-15(9-6-13)21-19(25)22-18(23)14-7-10-17(24-3)16(20)11-14/h5-12H,4H2,1-3H3,(H2,21,22,23,25). The van der Waals surface area contributed by atoms with Gasteiger partial charge in [0.25, 0.3) is 5.91 Å². The number of anilines is 1. The third kappa shape index (κ3) is 5.28. The predicted molar refractivity (Wildman–Crippen MR) is 110 cm³/mol. The highest BCUT2D eigenvalue weighted by molar-refractivity contribution is 9.10. The molecule has 0 aromatic heterocycles. The fraction of sp³-hybridized carbons (Fsp3) is 0.263. The Morgan fingerprint density at radius 3 is 2.48 bits per heavy atom. The smallest absolute Gasteiger partial charge is 0.257 e. The molecule has 0 bridgehead atoms. The van der Waals surface area contributed by atoms with Crippen LogP contribution < -0.4 is 15.4 Å². The lowest BCUT2D eigenvalue weighted by Crippen LogP contribution is -2.34. The van der Waals surface area contributed by atoms with Gasteiger partial charge in [-0.25, -0.2) is 0 Å². The molecule has 2 aromatic carbocycles. The molecule has 0 aliphatic heterocycles. The number of rotatable bonds is 5. The van der Waals surface area contributed by atoms with E-state index in [0.29, 0.717) is 21.7 Å². The summed E-state index contributed by atoms with van der Waals surface area (Å²) in [4.78, 5) is 12.3. The van der Waals surface area contributed by atoms with E-state index in [1.165, 1.54) is 5.56 Å². The third-order valence-electron chi connectivity index (χ3n) is 3.99. The van der Waals surface area contributed by atoms with E-state index in [-0.39, 0.29) is 11.0 Å². The summed E-state index contributed by atoms with van der Waals surface area (Å²) in [7, 11) is 1.57. The summed E-state index contributed by atoms with van der Waals surface area (Å²) >= 11 is 8.59. The second-order valence-corrected chi connectivity index (χ2v) is 6.95. The number of benzene rings is 2. The highest BCUT2D eigenvalue weighted by Crippen LogP contribution is 2.25. The largest absolute Gasteiger partial charge is 0.496 e. The van der Waals surface area contributed by atoms with Gasteiger partial charge in [-0.2, -0.15) is 0 Å². The van der Waals surface area contributed by atoms with Crippen molar-refractivity contribution < 1.29 is 9.53 Å². The number of ether oxygens (including phenoxy) is 1. The quantitative estimate of drug-likeness (QED) is 0.660. The van der Waals surface area contributed by atoms with Crippen LogP contribution in [0.2, 0.25) is 0 Å². The van der Waals surface area contributed by atoms with E-state index in [4.69, 9.17) is 17.0 Å². The number of amides is 1. The minimum Gasteiger partial charge on any atom is -0.496 e. The first kappa shape index (κ1) is 19.4. The maximum Gasteiger partial charge on any atom is 0.257 e. The summed E-state index contributed by atoms with van der Waals surface area (Å²) in [6, 6.07) is 13.2. The number of carbonyl (C=O) groups excluding carboxylic acids is 1. The fourth-order valence-electron chi connectivity index (χ4n) is 2.28. The molecular weight excluding hydrogens is 400 g/mol. The normalized spacial score (nSPS) is 11.5. The van der Waals surface area contributed by atoms with Crippen molar-refractivity contribution in [2.24, 2.45) is 0 Å². The molecule has 0 spiro atoms. The maximum absolute atomic E-state index is 12.3. The lowest BCUT2D eigenvalue weighted by molar-refractivity contribution is 0.0977. The number of hydrogen-bond acceptors (Lipinski definition) is 3. The Hall–Kier alpha value is -1.92. The van der Waals surface area contributed by atoms with E-state index in [1.54, 1.807) is 25.3 Å². The molecule has 1 atom stereocenters. The highest BCUT2D eigenvalue weighted by atomic mass is 79.9. The number of methoxy groups -OCH3 is 1. The number of thiocarbonyl (C=S) groups is 1. The van der Waals surface area contributed by atoms with Crippen molar-refractivity contribution >= 4 is 44.9 Å². The average molecular weight is 421 g/mol. The Bertz CT molecular complexity index is 763. The molecule has 2 N–H and O–H groups in total. The van der Waals surface area contributed by atoms with Gasteiger partial charge in [0, 0.05) is 11.3 Å². The number of nitrogens with one attached hydrogen (secondary N) is 2. The number of carbonyl (C=O) groups is 1. The van der Waals surface area contributed by atoms with Crippen LogP contribution >= 0.6 is 28.1 Å². The molecule has 2 aromatic rings. The first-order valence-corrected chi connectivity index (χ1v) is 9.20. The van der Waals surface area contributed by atoms with Crippen molar-refractivity contribution in [1.29, 1.82) is 0 Å². The summed E-state index contributed by atoms with van der Waals surface area (Å²) < 4.78 is 5.87. The van der Waals surface area contributed by atoms with Crippen molar-refractivity contribution in [1.82, 2.24) is 5.32 Å². The molecular formula is C19H21BrN2O2S. The van der Waals surface area contributed by atoms with Crippen LogP contribution in [0.25, 0.3) is 0 Å². The highest BCUT2D eigenvalue weighted by Gasteiger charge is 2.11. The molecule has 0 radical (unpaired) electrons. The van der Waals surface area contributed by atoms with Gasteiger partial charge in [-0.15, -0.1) is 0 Å². The molecule has 1 amide bonds. The van der Waals surface area contributed by atoms with E-state index in [1.807, 2.05) is 12.1 Å². The molecule has 2 rings (SSSR count). The van der Waals surface area contributed by atoms with Gasteiger partial charge in [0.15, 0.2) is 5.11 Å². The van der Waals surface area contributed by atoms with Gasteiger partial charge in [-0.05, 0) is 76.4 Å². The third-order valence-corrected chi connectivity index (χ3v) is 4.81. The van der Waals surface area contributed by atoms with Gasteiger partial charge in [-0.1, -0.05) is 26.0 Å². The Balaban J connectivity index is 1.97. The van der Waals surface area contributed by atoms with Gasteiger partial charge in [0.1, 0.15) is 5.75 Å². The number of hydrogen-bond donors (Lipinski definition) is 2. The summed E-state index contributed by atoms with van der Waals surface area (Å²) in [6.07, 6.45) is 1.10. The molecule has 0 aliphatic rings. The van der Waals surface area contributed by atoms with E-state index in [2.05, 4.69) is 52.5 Å². The van der Waals surface area contributed by atoms with E-state index in [0.717, 1.165) is 12.1 Å². The van der Waals surface area contributed by atoms with E-state index < -0.39 is 0 Å². The van der Waals surface area contributed by atoms with Gasteiger partial charge in [0.05, 0.1) is 11.6 Å². The summed E-state index contributed by atoms with van der Waals surface area (Å²) in [5, 5.41) is 5.96. The lowest BCUT2D eigenvalue weighted by atomic mass is 9.99. The molecule has 0 fully saturated rings. The fourth-order valence-corrected chi connectivity index (χ4v) is 3.03. The van der Waals surface area contributed by atoms with Crippen LogP contribution in [0, 0.1) is 0 Å². The van der Waals surface area contributed by atoms with Crippen molar-refractivity contribution in [2.45, 2.75) is 26.2 Å². The van der Waals surface area contributed by atoms with Crippen molar-refractivity contribution in [3.63, 3.8) is 0 Å². The molecule has 25 heavy (non-hydrogen) atoms. The summed E-state index contributed by atoms with van der Waals surface area (Å²) in [6.45, 7) is 4.36. The van der Waals surface area contributed by atoms with Crippen LogP contribution in [0.3, 0.4) is 0 Å². The van der Waals surface area contributed by atoms with Crippen LogP contribution in [0.1, 0.15) is 42.1 Å². The topological polar surface area (TPSA) is 50.4 Å². The lowest BCUT2D eigenvalue weighted by Gasteiger charge is -2.12. The van der Waals surface area contributed by atoms with E-state index >= 15 is 0 Å². The van der Waals surface area contributed by atoms with Gasteiger partial charge >= 0.3 is 0 Å². The van der Waals surface area contributed by atoms with Crippen LogP contribution in [-0.4, -0.2) is 18.1 Å². The molecule has 0 saturated heterocycles. The van der Waals surface area contributed by atoms with Gasteiger partial charge in [-0.3, -0.25) is 10.1 Å². The minimum atomic E-state index is -0.280. The zero-order chi connectivity index (χ0) is 18.4. The van der Waals surface area contributed by atoms with Gasteiger partial charge < -0.3 is 10.1 Å². The minimum absolute atomic E-state index is 0.258. The Morgan fingerprint density at radius 2 is 1.92 bits per heavy atom. The van der Waals surface area contributed by atoms with Crippen molar-refractivity contribution in [3.05, 3.63) is 58.1 Å². The van der Waals surface area contributed by atoms with Crippen LogP contribution in [0.15, 0.2) is 46.9 Å². The summed E-state index contributed by atoms with van der Waals surface area (Å²) in [5.41, 5.74) is 2.61. The molecule has 1 unspecified atom stereocenters. The SMILES string of the molecule is CCC(C)c1ccc(NC(=S)NC(=O)c2ccc(OC)c(Br)c2)cc1. The zero-order valence-electron chi connectivity index (χ0n) is 14.4. The second kappa shape index (κ2) is 8.97. The maximum atomic E-state index is 12.3. The average Bonchev–Trinajstić information content (AvgIpc) is 2.61. The predicted octanol–water partition coefficient (Wildman–Crippen LogP) is 5.10. The van der Waals surface area contributed by atoms with Crippen LogP contribution in [0.5, 0.6) is 5.75 Å². The molecule has 4 nitrogen and oxygen atoms in total. The molecule has 132 valence electrons. The van der Waals surface area contributed by atoms with Crippen LogP contribution in [0.4, 0.5) is 5.69 Å². The first-order chi connectivity index (χ1) is 11.9. The molecule has 6 heteroatoms. The monoisotopic (exact) mass is 420 g/mol. The molecule has 0 aliphatic carbocycles. The Labute approximate surface area is 162 Å².